The molecular formula is C28H34FN3O5. The normalized spacial score (nSPS) is 19.1. The largest absolute Gasteiger partial charge is 0.497 e. The number of carbonyl (C=O) groups excluding carboxylic acids is 3. The lowest BCUT2D eigenvalue weighted by atomic mass is 9.95. The Labute approximate surface area is 216 Å². The maximum Gasteiger partial charge on any atom is 0.242 e. The van der Waals surface area contributed by atoms with E-state index in [1.807, 2.05) is 24.3 Å². The fourth-order valence-electron chi connectivity index (χ4n) is 4.88. The van der Waals surface area contributed by atoms with E-state index in [9.17, 15) is 18.8 Å². The molecule has 0 bridgehead atoms. The molecule has 0 spiro atoms. The predicted molar refractivity (Wildman–Crippen MR) is 135 cm³/mol. The molecule has 2 aromatic carbocycles. The highest BCUT2D eigenvalue weighted by Crippen LogP contribution is 2.23. The number of hydrogen-bond donors (Lipinski definition) is 0. The van der Waals surface area contributed by atoms with Gasteiger partial charge in [0.15, 0.2) is 0 Å². The Balaban J connectivity index is 1.48. The van der Waals surface area contributed by atoms with Crippen LogP contribution in [0.15, 0.2) is 48.5 Å². The summed E-state index contributed by atoms with van der Waals surface area (Å²) in [4.78, 5) is 43.4. The van der Waals surface area contributed by atoms with E-state index in [0.29, 0.717) is 38.0 Å². The van der Waals surface area contributed by atoms with E-state index in [-0.39, 0.29) is 55.7 Å². The first kappa shape index (κ1) is 26.6. The van der Waals surface area contributed by atoms with Crippen molar-refractivity contribution in [3.8, 4) is 5.75 Å². The van der Waals surface area contributed by atoms with Crippen molar-refractivity contribution in [1.82, 2.24) is 14.7 Å². The van der Waals surface area contributed by atoms with E-state index in [1.165, 1.54) is 13.0 Å². The average molecular weight is 512 g/mol. The van der Waals surface area contributed by atoms with Gasteiger partial charge in [-0.3, -0.25) is 14.4 Å². The van der Waals surface area contributed by atoms with Crippen molar-refractivity contribution in [3.63, 3.8) is 0 Å². The van der Waals surface area contributed by atoms with Crippen LogP contribution in [0.4, 0.5) is 4.39 Å². The number of amides is 3. The molecule has 2 heterocycles. The van der Waals surface area contributed by atoms with Gasteiger partial charge in [-0.1, -0.05) is 30.3 Å². The van der Waals surface area contributed by atoms with Gasteiger partial charge in [0.1, 0.15) is 11.6 Å². The van der Waals surface area contributed by atoms with Crippen LogP contribution in [0.1, 0.15) is 30.9 Å². The highest BCUT2D eigenvalue weighted by molar-refractivity contribution is 5.86. The molecule has 9 heteroatoms. The second-order valence-electron chi connectivity index (χ2n) is 9.65. The van der Waals surface area contributed by atoms with Gasteiger partial charge in [-0.25, -0.2) is 4.39 Å². The second kappa shape index (κ2) is 12.2. The number of nitrogens with zero attached hydrogens (tertiary/aromatic N) is 3. The number of methoxy groups -OCH3 is 1. The van der Waals surface area contributed by atoms with Crippen LogP contribution in [-0.4, -0.2) is 78.4 Å². The number of piperidine rings is 1. The average Bonchev–Trinajstić information content (AvgIpc) is 3.06. The Morgan fingerprint density at radius 1 is 1.00 bits per heavy atom. The molecule has 4 rings (SSSR count). The first-order valence-electron chi connectivity index (χ1n) is 12.6. The molecule has 2 saturated heterocycles. The number of benzene rings is 2. The minimum atomic E-state index is -0.481. The predicted octanol–water partition coefficient (Wildman–Crippen LogP) is 2.85. The zero-order chi connectivity index (χ0) is 26.4. The Morgan fingerprint density at radius 3 is 2.35 bits per heavy atom. The number of likely N-dealkylation sites (tertiary alicyclic amines) is 1. The van der Waals surface area contributed by atoms with Crippen molar-refractivity contribution in [2.75, 3.05) is 39.8 Å². The van der Waals surface area contributed by atoms with Crippen LogP contribution < -0.4 is 4.74 Å². The molecule has 37 heavy (non-hydrogen) atoms. The Hall–Kier alpha value is -3.46. The molecule has 3 amide bonds. The van der Waals surface area contributed by atoms with Crippen LogP contribution in [0.2, 0.25) is 0 Å². The van der Waals surface area contributed by atoms with Gasteiger partial charge in [-0.2, -0.15) is 0 Å². The lowest BCUT2D eigenvalue weighted by Gasteiger charge is -2.33. The first-order chi connectivity index (χ1) is 17.8. The molecule has 2 fully saturated rings. The molecule has 2 aromatic rings. The summed E-state index contributed by atoms with van der Waals surface area (Å²) in [7, 11) is 1.60. The summed E-state index contributed by atoms with van der Waals surface area (Å²) in [6.07, 6.45) is 0.657. The Bertz CT molecular complexity index is 1100. The van der Waals surface area contributed by atoms with Crippen molar-refractivity contribution in [2.45, 2.75) is 39.0 Å². The number of rotatable bonds is 7. The van der Waals surface area contributed by atoms with Gasteiger partial charge in [0.05, 0.1) is 26.4 Å². The lowest BCUT2D eigenvalue weighted by molar-refractivity contribution is -0.144. The zero-order valence-electron chi connectivity index (χ0n) is 21.4. The number of halogens is 1. The molecule has 0 N–H and O–H groups in total. The minimum Gasteiger partial charge on any atom is -0.497 e. The van der Waals surface area contributed by atoms with Crippen LogP contribution in [0.5, 0.6) is 5.75 Å². The van der Waals surface area contributed by atoms with Gasteiger partial charge in [-0.15, -0.1) is 0 Å². The first-order valence-corrected chi connectivity index (χ1v) is 12.6. The molecule has 1 unspecified atom stereocenters. The maximum absolute atomic E-state index is 14.2. The van der Waals surface area contributed by atoms with Gasteiger partial charge in [0, 0.05) is 51.1 Å². The van der Waals surface area contributed by atoms with Gasteiger partial charge in [0.2, 0.25) is 17.7 Å². The molecular weight excluding hydrogens is 477 g/mol. The lowest BCUT2D eigenvalue weighted by Crippen LogP contribution is -2.46. The summed E-state index contributed by atoms with van der Waals surface area (Å²) in [6, 6.07) is 13.9. The number of hydrogen-bond acceptors (Lipinski definition) is 5. The molecule has 0 aromatic heterocycles. The third-order valence-corrected chi connectivity index (χ3v) is 7.09. The Kier molecular flexibility index (Phi) is 8.76. The van der Waals surface area contributed by atoms with Crippen molar-refractivity contribution in [3.05, 3.63) is 65.5 Å². The SMILES string of the molecule is COc1ccc(CN2CC(OCc3ccccc3F)CN(C(=O)C3CCN(C(C)=O)CC3)CC2=O)cc1. The quantitative estimate of drug-likeness (QED) is 0.571. The monoisotopic (exact) mass is 511 g/mol. The number of carbonyl (C=O) groups is 3. The van der Waals surface area contributed by atoms with Gasteiger partial charge < -0.3 is 24.2 Å². The van der Waals surface area contributed by atoms with Crippen LogP contribution in [0, 0.1) is 11.7 Å². The van der Waals surface area contributed by atoms with Gasteiger partial charge >= 0.3 is 0 Å². The summed E-state index contributed by atoms with van der Waals surface area (Å²) in [5.74, 6) is -0.128. The standard InChI is InChI=1S/C28H34FN3O5/c1-20(33)30-13-11-22(12-14-30)28(35)32-17-25(37-19-23-5-3-4-6-26(23)29)16-31(27(34)18-32)15-21-7-9-24(36-2)10-8-21/h3-10,22,25H,11-19H2,1-2H3. The number of ether oxygens (including phenoxy) is 2. The van der Waals surface area contributed by atoms with Crippen molar-refractivity contribution in [1.29, 1.82) is 0 Å². The van der Waals surface area contributed by atoms with Gasteiger partial charge in [-0.05, 0) is 36.6 Å². The molecule has 8 nitrogen and oxygen atoms in total. The summed E-state index contributed by atoms with van der Waals surface area (Å²) in [5, 5.41) is 0. The van der Waals surface area contributed by atoms with Crippen LogP contribution in [0.25, 0.3) is 0 Å². The second-order valence-corrected chi connectivity index (χ2v) is 9.65. The third kappa shape index (κ3) is 6.85. The highest BCUT2D eigenvalue weighted by Gasteiger charge is 2.35. The molecule has 0 aliphatic carbocycles. The molecule has 0 radical (unpaired) electrons. The highest BCUT2D eigenvalue weighted by atomic mass is 19.1. The van der Waals surface area contributed by atoms with Crippen LogP contribution in [-0.2, 0) is 32.3 Å². The zero-order valence-corrected chi connectivity index (χ0v) is 21.4. The Morgan fingerprint density at radius 2 is 1.70 bits per heavy atom. The molecule has 2 aliphatic rings. The van der Waals surface area contributed by atoms with E-state index in [2.05, 4.69) is 0 Å². The van der Waals surface area contributed by atoms with E-state index < -0.39 is 6.10 Å². The van der Waals surface area contributed by atoms with Gasteiger partial charge in [0.25, 0.3) is 0 Å². The van der Waals surface area contributed by atoms with E-state index in [4.69, 9.17) is 9.47 Å². The summed E-state index contributed by atoms with van der Waals surface area (Å²) >= 11 is 0. The topological polar surface area (TPSA) is 79.4 Å². The molecule has 2 aliphatic heterocycles. The van der Waals surface area contributed by atoms with Crippen molar-refractivity contribution in [2.24, 2.45) is 5.92 Å². The summed E-state index contributed by atoms with van der Waals surface area (Å²) in [6.45, 7) is 3.49. The minimum absolute atomic E-state index is 0.00614. The van der Waals surface area contributed by atoms with Crippen LogP contribution >= 0.6 is 0 Å². The van der Waals surface area contributed by atoms with Crippen molar-refractivity contribution >= 4 is 17.7 Å². The third-order valence-electron chi connectivity index (χ3n) is 7.09. The smallest absolute Gasteiger partial charge is 0.242 e. The van der Waals surface area contributed by atoms with Crippen LogP contribution in [0.3, 0.4) is 0 Å². The fraction of sp³-hybridized carbons (Fsp3) is 0.464. The maximum atomic E-state index is 14.2. The fourth-order valence-corrected chi connectivity index (χ4v) is 4.88. The van der Waals surface area contributed by atoms with E-state index >= 15 is 0 Å². The van der Waals surface area contributed by atoms with E-state index in [1.54, 1.807) is 40.0 Å². The summed E-state index contributed by atoms with van der Waals surface area (Å²) < 4.78 is 25.5. The summed E-state index contributed by atoms with van der Waals surface area (Å²) in [5.41, 5.74) is 1.35. The molecule has 1 atom stereocenters. The molecule has 198 valence electrons. The van der Waals surface area contributed by atoms with E-state index in [0.717, 1.165) is 11.3 Å². The van der Waals surface area contributed by atoms with Crippen molar-refractivity contribution < 1.29 is 28.2 Å². The molecule has 0 saturated carbocycles.